The molecule has 5 nitrogen and oxygen atoms in total. The van der Waals surface area contributed by atoms with Gasteiger partial charge in [0.25, 0.3) is 5.89 Å². The Morgan fingerprint density at radius 3 is 3.06 bits per heavy atom. The number of nitrogens with two attached hydrogens (primary N) is 1. The fourth-order valence-electron chi connectivity index (χ4n) is 1.28. The smallest absolute Gasteiger partial charge is 0.264 e. The van der Waals surface area contributed by atoms with Gasteiger partial charge in [-0.15, -0.1) is 0 Å². The summed E-state index contributed by atoms with van der Waals surface area (Å²) < 4.78 is 10.4. The Balaban J connectivity index is 1.93. The molecule has 1 heterocycles. The van der Waals surface area contributed by atoms with Crippen molar-refractivity contribution >= 4 is 11.6 Å². The summed E-state index contributed by atoms with van der Waals surface area (Å²) in [4.78, 5) is 4.12. The highest BCUT2D eigenvalue weighted by molar-refractivity contribution is 6.30. The van der Waals surface area contributed by atoms with Crippen LogP contribution in [0.25, 0.3) is 0 Å². The van der Waals surface area contributed by atoms with Crippen LogP contribution in [0, 0.1) is 0 Å². The van der Waals surface area contributed by atoms with Gasteiger partial charge in [-0.05, 0) is 24.7 Å². The van der Waals surface area contributed by atoms with E-state index in [4.69, 9.17) is 26.6 Å². The fourth-order valence-corrected chi connectivity index (χ4v) is 1.46. The van der Waals surface area contributed by atoms with Crippen LogP contribution in [0.15, 0.2) is 28.8 Å². The third kappa shape index (κ3) is 3.44. The number of hydrogen-bond acceptors (Lipinski definition) is 5. The summed E-state index contributed by atoms with van der Waals surface area (Å²) in [6, 6.07) is 7.12. The number of aromatic nitrogens is 2. The second kappa shape index (κ2) is 5.65. The van der Waals surface area contributed by atoms with E-state index >= 15 is 0 Å². The third-order valence-electron chi connectivity index (χ3n) is 2.04. The van der Waals surface area contributed by atoms with Crippen molar-refractivity contribution in [2.45, 2.75) is 13.0 Å². The quantitative estimate of drug-likeness (QED) is 0.880. The Labute approximate surface area is 104 Å². The first-order valence-corrected chi connectivity index (χ1v) is 5.55. The predicted molar refractivity (Wildman–Crippen MR) is 62.8 cm³/mol. The maximum Gasteiger partial charge on any atom is 0.264 e. The summed E-state index contributed by atoms with van der Waals surface area (Å²) in [5.74, 6) is 1.68. The molecule has 1 aromatic carbocycles. The standard InChI is InChI=1S/C11H12ClN3O2/c12-8-2-1-3-9(6-8)16-7-11-14-10(4-5-13)15-17-11/h1-3,6H,4-5,7,13H2. The van der Waals surface area contributed by atoms with Gasteiger partial charge in [0.2, 0.25) is 0 Å². The minimum atomic E-state index is 0.220. The first kappa shape index (κ1) is 11.9. The van der Waals surface area contributed by atoms with Crippen LogP contribution >= 0.6 is 11.6 Å². The lowest BCUT2D eigenvalue weighted by atomic mass is 10.3. The van der Waals surface area contributed by atoms with Crippen molar-refractivity contribution in [3.05, 3.63) is 41.0 Å². The summed E-state index contributed by atoms with van der Waals surface area (Å²) in [6.07, 6.45) is 0.598. The highest BCUT2D eigenvalue weighted by Gasteiger charge is 2.06. The van der Waals surface area contributed by atoms with Gasteiger partial charge in [-0.3, -0.25) is 0 Å². The number of hydrogen-bond donors (Lipinski definition) is 1. The molecule has 0 fully saturated rings. The van der Waals surface area contributed by atoms with Crippen molar-refractivity contribution in [3.63, 3.8) is 0 Å². The van der Waals surface area contributed by atoms with Gasteiger partial charge in [-0.2, -0.15) is 4.98 Å². The van der Waals surface area contributed by atoms with Crippen molar-refractivity contribution < 1.29 is 9.26 Å². The zero-order valence-electron chi connectivity index (χ0n) is 9.10. The van der Waals surface area contributed by atoms with Crippen LogP contribution in [-0.2, 0) is 13.0 Å². The zero-order chi connectivity index (χ0) is 12.1. The van der Waals surface area contributed by atoms with Crippen LogP contribution in [0.3, 0.4) is 0 Å². The van der Waals surface area contributed by atoms with Crippen LogP contribution < -0.4 is 10.5 Å². The van der Waals surface area contributed by atoms with Crippen LogP contribution in [0.1, 0.15) is 11.7 Å². The van der Waals surface area contributed by atoms with E-state index in [2.05, 4.69) is 10.1 Å². The Kier molecular flexibility index (Phi) is 3.95. The third-order valence-corrected chi connectivity index (χ3v) is 2.27. The molecule has 0 saturated carbocycles. The van der Waals surface area contributed by atoms with E-state index in [1.807, 2.05) is 12.1 Å². The van der Waals surface area contributed by atoms with Crippen molar-refractivity contribution in [1.29, 1.82) is 0 Å². The van der Waals surface area contributed by atoms with E-state index in [9.17, 15) is 0 Å². The minimum absolute atomic E-state index is 0.220. The maximum absolute atomic E-state index is 5.83. The first-order valence-electron chi connectivity index (χ1n) is 5.18. The lowest BCUT2D eigenvalue weighted by molar-refractivity contribution is 0.242. The molecule has 0 radical (unpaired) electrons. The highest BCUT2D eigenvalue weighted by atomic mass is 35.5. The van der Waals surface area contributed by atoms with Gasteiger partial charge in [0.15, 0.2) is 12.4 Å². The average molecular weight is 254 g/mol. The SMILES string of the molecule is NCCc1noc(COc2cccc(Cl)c2)n1. The lowest BCUT2D eigenvalue weighted by Crippen LogP contribution is -2.04. The molecule has 0 spiro atoms. The molecular formula is C11H12ClN3O2. The summed E-state index contributed by atoms with van der Waals surface area (Å²) in [7, 11) is 0. The molecular weight excluding hydrogens is 242 g/mol. The molecule has 2 aromatic rings. The monoisotopic (exact) mass is 253 g/mol. The van der Waals surface area contributed by atoms with Crippen LogP contribution in [0.4, 0.5) is 0 Å². The molecule has 2 rings (SSSR count). The van der Waals surface area contributed by atoms with E-state index in [1.54, 1.807) is 12.1 Å². The summed E-state index contributed by atoms with van der Waals surface area (Å²) >= 11 is 5.83. The summed E-state index contributed by atoms with van der Waals surface area (Å²) in [5.41, 5.74) is 5.38. The van der Waals surface area contributed by atoms with Crippen LogP contribution in [-0.4, -0.2) is 16.7 Å². The van der Waals surface area contributed by atoms with Gasteiger partial charge in [0.05, 0.1) is 0 Å². The van der Waals surface area contributed by atoms with Gasteiger partial charge in [-0.25, -0.2) is 0 Å². The molecule has 17 heavy (non-hydrogen) atoms. The van der Waals surface area contributed by atoms with E-state index in [0.29, 0.717) is 35.5 Å². The van der Waals surface area contributed by atoms with Gasteiger partial charge >= 0.3 is 0 Å². The molecule has 6 heteroatoms. The molecule has 90 valence electrons. The maximum atomic E-state index is 5.83. The van der Waals surface area contributed by atoms with Gasteiger partial charge in [-0.1, -0.05) is 22.8 Å². The molecule has 0 saturated heterocycles. The number of ether oxygens (including phenoxy) is 1. The van der Waals surface area contributed by atoms with Gasteiger partial charge in [0.1, 0.15) is 5.75 Å². The Bertz CT molecular complexity index is 487. The number of benzene rings is 1. The number of rotatable bonds is 5. The topological polar surface area (TPSA) is 74.2 Å². The van der Waals surface area contributed by atoms with Crippen LogP contribution in [0.5, 0.6) is 5.75 Å². The number of halogens is 1. The molecule has 0 aliphatic heterocycles. The van der Waals surface area contributed by atoms with Gasteiger partial charge in [0, 0.05) is 11.4 Å². The van der Waals surface area contributed by atoms with Crippen molar-refractivity contribution in [2.75, 3.05) is 6.54 Å². The minimum Gasteiger partial charge on any atom is -0.484 e. The normalized spacial score (nSPS) is 10.5. The Morgan fingerprint density at radius 1 is 1.41 bits per heavy atom. The van der Waals surface area contributed by atoms with Gasteiger partial charge < -0.3 is 15.0 Å². The Hall–Kier alpha value is -1.59. The van der Waals surface area contributed by atoms with Crippen molar-refractivity contribution in [3.8, 4) is 5.75 Å². The van der Waals surface area contributed by atoms with Crippen LogP contribution in [0.2, 0.25) is 5.02 Å². The van der Waals surface area contributed by atoms with E-state index in [1.165, 1.54) is 0 Å². The Morgan fingerprint density at radius 2 is 2.29 bits per heavy atom. The first-order chi connectivity index (χ1) is 8.28. The summed E-state index contributed by atoms with van der Waals surface area (Å²) in [5, 5.41) is 4.39. The lowest BCUT2D eigenvalue weighted by Gasteiger charge is -2.02. The molecule has 0 atom stereocenters. The van der Waals surface area contributed by atoms with E-state index in [0.717, 1.165) is 0 Å². The molecule has 1 aromatic heterocycles. The largest absolute Gasteiger partial charge is 0.484 e. The fraction of sp³-hybridized carbons (Fsp3) is 0.273. The predicted octanol–water partition coefficient (Wildman–Crippen LogP) is 1.80. The van der Waals surface area contributed by atoms with Crippen molar-refractivity contribution in [1.82, 2.24) is 10.1 Å². The molecule has 2 N–H and O–H groups in total. The molecule has 0 aliphatic rings. The zero-order valence-corrected chi connectivity index (χ0v) is 9.85. The average Bonchev–Trinajstić information content (AvgIpc) is 2.75. The highest BCUT2D eigenvalue weighted by Crippen LogP contribution is 2.18. The van der Waals surface area contributed by atoms with E-state index in [-0.39, 0.29) is 6.61 Å². The van der Waals surface area contributed by atoms with Crippen molar-refractivity contribution in [2.24, 2.45) is 5.73 Å². The second-order valence-corrected chi connectivity index (χ2v) is 3.83. The molecule has 0 amide bonds. The molecule has 0 aliphatic carbocycles. The van der Waals surface area contributed by atoms with E-state index < -0.39 is 0 Å². The second-order valence-electron chi connectivity index (χ2n) is 3.39. The summed E-state index contributed by atoms with van der Waals surface area (Å²) in [6.45, 7) is 0.714. The molecule has 0 bridgehead atoms. The number of nitrogens with zero attached hydrogens (tertiary/aromatic N) is 2. The molecule has 0 unspecified atom stereocenters.